The summed E-state index contributed by atoms with van der Waals surface area (Å²) in [4.78, 5) is 95.9. The van der Waals surface area contributed by atoms with Gasteiger partial charge in [-0.2, -0.15) is 0 Å². The molecule has 0 radical (unpaired) electrons. The maximum Gasteiger partial charge on any atom is 0.343 e. The van der Waals surface area contributed by atoms with Crippen molar-refractivity contribution in [3.63, 3.8) is 0 Å². The summed E-state index contributed by atoms with van der Waals surface area (Å²) in [6.07, 6.45) is -5.41. The van der Waals surface area contributed by atoms with Gasteiger partial charge in [0.1, 0.15) is 57.1 Å². The monoisotopic (exact) mass is 682 g/mol. The number of aromatic hydroxyl groups is 4. The van der Waals surface area contributed by atoms with Crippen LogP contribution < -0.4 is 0 Å². The molecule has 0 bridgehead atoms. The summed E-state index contributed by atoms with van der Waals surface area (Å²) in [6.45, 7) is 1.57. The Hall–Kier alpha value is -6.44. The molecule has 0 heterocycles. The van der Waals surface area contributed by atoms with Crippen molar-refractivity contribution in [1.29, 1.82) is 0 Å². The number of phenols is 4. The number of hydrogen-bond acceptors (Lipinski definition) is 13. The van der Waals surface area contributed by atoms with Gasteiger partial charge in [0.2, 0.25) is 0 Å². The number of hydrogen-bond donors (Lipinski definition) is 12. The minimum absolute atomic E-state index is 0.759. The molecule has 2 aromatic carbocycles. The lowest BCUT2D eigenvalue weighted by atomic mass is 9.76. The van der Waals surface area contributed by atoms with Crippen LogP contribution in [0.25, 0.3) is 0 Å². The van der Waals surface area contributed by atoms with Crippen LogP contribution in [0.3, 0.4) is 0 Å². The molecular weight excluding hydrogens is 656 g/mol. The molecule has 20 heteroatoms. The first-order chi connectivity index (χ1) is 22.0. The molecular formula is C28H26O20. The minimum atomic E-state index is -2.67. The number of carboxylic acids is 7. The van der Waals surface area contributed by atoms with Crippen molar-refractivity contribution in [2.24, 2.45) is 5.92 Å². The topological polar surface area (TPSA) is 379 Å². The Balaban J connectivity index is 2.99. The Bertz CT molecular complexity index is 1700. The van der Waals surface area contributed by atoms with Gasteiger partial charge in [-0.15, -0.1) is 0 Å². The first kappa shape index (κ1) is 37.7. The predicted molar refractivity (Wildman–Crippen MR) is 149 cm³/mol. The number of rotatable bonds is 15. The van der Waals surface area contributed by atoms with Crippen molar-refractivity contribution < 1.29 is 99.6 Å². The highest BCUT2D eigenvalue weighted by Crippen LogP contribution is 2.47. The first-order valence-corrected chi connectivity index (χ1v) is 13.0. The van der Waals surface area contributed by atoms with E-state index in [9.17, 15) is 94.5 Å². The van der Waals surface area contributed by atoms with Gasteiger partial charge in [0.05, 0.1) is 12.5 Å². The number of carboxylic acid groups (broad SMARTS) is 7. The van der Waals surface area contributed by atoms with Crippen LogP contribution in [-0.4, -0.2) is 115 Å². The summed E-state index contributed by atoms with van der Waals surface area (Å²) in [7, 11) is 0. The van der Waals surface area contributed by atoms with E-state index in [1.165, 1.54) is 0 Å². The Labute approximate surface area is 265 Å². The summed E-state index contributed by atoms with van der Waals surface area (Å²) in [5.41, 5.74) is -10.0. The zero-order chi connectivity index (χ0) is 37.3. The molecule has 20 nitrogen and oxygen atoms in total. The number of Topliss-reactive ketones (excluding diaryl/α,β-unsaturated/α-hetero) is 1. The molecule has 0 saturated heterocycles. The van der Waals surface area contributed by atoms with Gasteiger partial charge in [0.25, 0.3) is 0 Å². The van der Waals surface area contributed by atoms with Crippen LogP contribution in [0.1, 0.15) is 88.9 Å². The van der Waals surface area contributed by atoms with E-state index in [0.717, 1.165) is 13.8 Å². The third kappa shape index (κ3) is 6.72. The lowest BCUT2D eigenvalue weighted by molar-refractivity contribution is -0.152. The fourth-order valence-corrected chi connectivity index (χ4v) is 5.27. The van der Waals surface area contributed by atoms with Gasteiger partial charge in [-0.3, -0.25) is 19.2 Å². The molecule has 0 amide bonds. The average molecular weight is 682 g/mol. The van der Waals surface area contributed by atoms with E-state index in [1.54, 1.807) is 0 Å². The summed E-state index contributed by atoms with van der Waals surface area (Å²) in [5.74, 6) is -29.4. The van der Waals surface area contributed by atoms with E-state index >= 15 is 0 Å². The third-order valence-corrected chi connectivity index (χ3v) is 7.49. The number of aliphatic hydroxyl groups excluding tert-OH is 1. The molecule has 2 rings (SSSR count). The van der Waals surface area contributed by atoms with Gasteiger partial charge in [-0.25, -0.2) is 19.2 Å². The normalized spacial score (nSPS) is 13.5. The van der Waals surface area contributed by atoms with Crippen LogP contribution in [-0.2, 0) is 25.6 Å². The number of carbonyl (C=O) groups is 8. The molecule has 0 aliphatic heterocycles. The van der Waals surface area contributed by atoms with Gasteiger partial charge in [0, 0.05) is 23.5 Å². The maximum atomic E-state index is 12.7. The fraction of sp³-hybridized carbons (Fsp3) is 0.286. The van der Waals surface area contributed by atoms with Crippen molar-refractivity contribution in [2.75, 3.05) is 0 Å². The third-order valence-electron chi connectivity index (χ3n) is 7.49. The van der Waals surface area contributed by atoms with Crippen molar-refractivity contribution in [3.8, 4) is 23.0 Å². The summed E-state index contributed by atoms with van der Waals surface area (Å²) in [5, 5.41) is 121. The smallest absolute Gasteiger partial charge is 0.343 e. The molecule has 4 unspecified atom stereocenters. The lowest BCUT2D eigenvalue weighted by Gasteiger charge is -2.30. The molecule has 2 aromatic rings. The lowest BCUT2D eigenvalue weighted by Crippen LogP contribution is -2.33. The first-order valence-electron chi connectivity index (χ1n) is 13.0. The summed E-state index contributed by atoms with van der Waals surface area (Å²) >= 11 is 0. The number of aliphatic carboxylic acids is 3. The van der Waals surface area contributed by atoms with Crippen LogP contribution >= 0.6 is 0 Å². The van der Waals surface area contributed by atoms with Crippen LogP contribution in [0.4, 0.5) is 0 Å². The second kappa shape index (κ2) is 13.9. The van der Waals surface area contributed by atoms with Crippen LogP contribution in [0.2, 0.25) is 0 Å². The van der Waals surface area contributed by atoms with E-state index in [4.69, 9.17) is 5.11 Å². The van der Waals surface area contributed by atoms with Gasteiger partial charge in [-0.05, 0) is 18.1 Å². The molecule has 48 heavy (non-hydrogen) atoms. The SMILES string of the molecule is Cc1c(C(=O)O)c(O)c(C(=O)O)c(O)c1C(C(=O)O)C(O)C(C)c1c(C(=O)O)c(O)c(CC(=O)C(CC(=O)O)C(=O)O)c(O)c1C(=O)O. The molecule has 0 spiro atoms. The molecule has 0 aromatic heterocycles. The minimum Gasteiger partial charge on any atom is -0.507 e. The zero-order valence-electron chi connectivity index (χ0n) is 24.4. The van der Waals surface area contributed by atoms with Crippen LogP contribution in [0, 0.1) is 12.8 Å². The van der Waals surface area contributed by atoms with Gasteiger partial charge in [0.15, 0.2) is 5.78 Å². The summed E-state index contributed by atoms with van der Waals surface area (Å²) < 4.78 is 0. The number of carbonyl (C=O) groups excluding carboxylic acids is 1. The van der Waals surface area contributed by atoms with E-state index < -0.39 is 152 Å². The summed E-state index contributed by atoms with van der Waals surface area (Å²) in [6, 6.07) is 0. The molecule has 0 aliphatic carbocycles. The quantitative estimate of drug-likeness (QED) is 0.112. The highest BCUT2D eigenvalue weighted by atomic mass is 16.4. The van der Waals surface area contributed by atoms with Crippen molar-refractivity contribution in [2.45, 2.75) is 44.6 Å². The molecule has 0 aliphatic rings. The number of aliphatic hydroxyl groups is 1. The van der Waals surface area contributed by atoms with Crippen LogP contribution in [0.5, 0.6) is 23.0 Å². The second-order valence-electron chi connectivity index (χ2n) is 10.3. The average Bonchev–Trinajstić information content (AvgIpc) is 2.93. The number of aromatic carboxylic acids is 4. The van der Waals surface area contributed by atoms with Crippen LogP contribution in [0.15, 0.2) is 0 Å². The maximum absolute atomic E-state index is 12.7. The van der Waals surface area contributed by atoms with Gasteiger partial charge in [-0.1, -0.05) is 6.92 Å². The molecule has 0 saturated carbocycles. The van der Waals surface area contributed by atoms with Gasteiger partial charge < -0.3 is 61.3 Å². The predicted octanol–water partition coefficient (Wildman–Crippen LogP) is 0.230. The molecule has 0 fully saturated rings. The van der Waals surface area contributed by atoms with E-state index in [1.807, 2.05) is 0 Å². The largest absolute Gasteiger partial charge is 0.507 e. The molecule has 12 N–H and O–H groups in total. The Morgan fingerprint density at radius 1 is 0.583 bits per heavy atom. The Morgan fingerprint density at radius 2 is 1.02 bits per heavy atom. The Kier molecular flexibility index (Phi) is 10.9. The van der Waals surface area contributed by atoms with E-state index in [-0.39, 0.29) is 0 Å². The zero-order valence-corrected chi connectivity index (χ0v) is 24.4. The van der Waals surface area contributed by atoms with Crippen molar-refractivity contribution in [1.82, 2.24) is 0 Å². The standard InChI is InChI=1S/C28H26O20/c1-5-12(21(35)17(28(47)48)22(36)13(5)24(39)40)16(27(45)46)18(32)6(2)11-14(25(41)42)19(33)8(20(34)15(11)26(43)44)3-9(29)7(23(37)38)4-10(30)31/h6-7,16,18,32-36H,3-4H2,1-2H3,(H,30,31)(H,37,38)(H,39,40)(H,41,42)(H,43,44)(H,45,46)(H,47,48). The van der Waals surface area contributed by atoms with E-state index in [2.05, 4.69) is 0 Å². The highest BCUT2D eigenvalue weighted by Gasteiger charge is 2.44. The Morgan fingerprint density at radius 3 is 1.38 bits per heavy atom. The fourth-order valence-electron chi connectivity index (χ4n) is 5.27. The van der Waals surface area contributed by atoms with E-state index in [0.29, 0.717) is 0 Å². The second-order valence-corrected chi connectivity index (χ2v) is 10.3. The highest BCUT2D eigenvalue weighted by molar-refractivity contribution is 6.06. The molecule has 258 valence electrons. The molecule has 4 atom stereocenters. The number of benzene rings is 2. The number of ketones is 1. The van der Waals surface area contributed by atoms with Gasteiger partial charge >= 0.3 is 41.8 Å². The van der Waals surface area contributed by atoms with Crippen molar-refractivity contribution >= 4 is 47.6 Å². The van der Waals surface area contributed by atoms with Crippen molar-refractivity contribution in [3.05, 3.63) is 44.5 Å².